The van der Waals surface area contributed by atoms with Crippen molar-refractivity contribution in [2.24, 2.45) is 5.16 Å². The summed E-state index contributed by atoms with van der Waals surface area (Å²) in [6.07, 6.45) is 3.74. The summed E-state index contributed by atoms with van der Waals surface area (Å²) in [6.45, 7) is 5.90. The van der Waals surface area contributed by atoms with Gasteiger partial charge in [-0.2, -0.15) is 0 Å². The van der Waals surface area contributed by atoms with Crippen LogP contribution in [0, 0.1) is 0 Å². The fraction of sp³-hybridized carbons (Fsp3) is 0.200. The molecule has 5 nitrogen and oxygen atoms in total. The lowest BCUT2D eigenvalue weighted by Crippen LogP contribution is -2.18. The standard InChI is InChI=1S/C20H19N3O2/c1-20(2,3)25-22-16-12-19(24-18-9-5-4-8-15(16)18)17-11-14-7-6-10-23(14)13-21-17/h4-13H,1-3H3. The molecule has 3 heterocycles. The number of hydrogen-bond acceptors (Lipinski definition) is 4. The highest BCUT2D eigenvalue weighted by Gasteiger charge is 2.12. The molecule has 0 fully saturated rings. The van der Waals surface area contributed by atoms with Crippen molar-refractivity contribution in [3.05, 3.63) is 66.4 Å². The molecule has 25 heavy (non-hydrogen) atoms. The molecular weight excluding hydrogens is 314 g/mol. The molecule has 4 rings (SSSR count). The Morgan fingerprint density at radius 3 is 2.76 bits per heavy atom. The van der Waals surface area contributed by atoms with Gasteiger partial charge in [-0.05, 0) is 51.1 Å². The maximum atomic E-state index is 6.06. The van der Waals surface area contributed by atoms with Crippen LogP contribution in [-0.2, 0) is 4.84 Å². The predicted molar refractivity (Wildman–Crippen MR) is 96.8 cm³/mol. The minimum Gasteiger partial charge on any atom is -0.454 e. The molecule has 0 N–H and O–H groups in total. The number of aromatic nitrogens is 2. The van der Waals surface area contributed by atoms with Gasteiger partial charge >= 0.3 is 0 Å². The Morgan fingerprint density at radius 1 is 1.08 bits per heavy atom. The lowest BCUT2D eigenvalue weighted by atomic mass is 10.2. The van der Waals surface area contributed by atoms with Crippen LogP contribution in [-0.4, -0.2) is 15.0 Å². The van der Waals surface area contributed by atoms with Crippen LogP contribution in [0.25, 0.3) is 27.9 Å². The van der Waals surface area contributed by atoms with Crippen molar-refractivity contribution >= 4 is 16.5 Å². The summed E-state index contributed by atoms with van der Waals surface area (Å²) in [7, 11) is 0. The average molecular weight is 333 g/mol. The third-order valence-corrected chi connectivity index (χ3v) is 3.74. The normalized spacial score (nSPS) is 12.8. The van der Waals surface area contributed by atoms with E-state index in [-0.39, 0.29) is 5.60 Å². The van der Waals surface area contributed by atoms with Gasteiger partial charge in [0.1, 0.15) is 22.2 Å². The van der Waals surface area contributed by atoms with Gasteiger partial charge in [-0.15, -0.1) is 0 Å². The first-order chi connectivity index (χ1) is 12.0. The first kappa shape index (κ1) is 15.4. The molecule has 0 aliphatic heterocycles. The molecule has 0 amide bonds. The van der Waals surface area contributed by atoms with Gasteiger partial charge in [-0.3, -0.25) is 0 Å². The number of fused-ring (bicyclic) bond motifs is 2. The van der Waals surface area contributed by atoms with E-state index >= 15 is 0 Å². The van der Waals surface area contributed by atoms with Gasteiger partial charge in [0.2, 0.25) is 0 Å². The van der Waals surface area contributed by atoms with Crippen LogP contribution in [0.5, 0.6) is 0 Å². The highest BCUT2D eigenvalue weighted by atomic mass is 16.6. The van der Waals surface area contributed by atoms with Gasteiger partial charge in [0.05, 0.1) is 6.33 Å². The van der Waals surface area contributed by atoms with Crippen molar-refractivity contribution in [3.63, 3.8) is 0 Å². The molecule has 0 spiro atoms. The predicted octanol–water partition coefficient (Wildman–Crippen LogP) is 4.38. The van der Waals surface area contributed by atoms with E-state index in [2.05, 4.69) is 10.1 Å². The lowest BCUT2D eigenvalue weighted by molar-refractivity contribution is -0.00585. The van der Waals surface area contributed by atoms with Gasteiger partial charge < -0.3 is 13.7 Å². The molecule has 0 radical (unpaired) electrons. The van der Waals surface area contributed by atoms with Crippen LogP contribution in [0.1, 0.15) is 20.8 Å². The molecule has 0 saturated carbocycles. The van der Waals surface area contributed by atoms with Crippen LogP contribution in [0.15, 0.2) is 70.6 Å². The monoisotopic (exact) mass is 333 g/mol. The van der Waals surface area contributed by atoms with Crippen molar-refractivity contribution in [1.29, 1.82) is 0 Å². The number of rotatable bonds is 2. The molecule has 126 valence electrons. The third-order valence-electron chi connectivity index (χ3n) is 3.74. The summed E-state index contributed by atoms with van der Waals surface area (Å²) in [6, 6.07) is 15.7. The van der Waals surface area contributed by atoms with Crippen molar-refractivity contribution in [2.75, 3.05) is 0 Å². The maximum Gasteiger partial charge on any atom is 0.155 e. The van der Waals surface area contributed by atoms with Crippen LogP contribution in [0.2, 0.25) is 0 Å². The van der Waals surface area contributed by atoms with E-state index in [9.17, 15) is 0 Å². The Hall–Kier alpha value is -3.08. The first-order valence-electron chi connectivity index (χ1n) is 8.18. The molecule has 1 aromatic carbocycles. The van der Waals surface area contributed by atoms with Crippen molar-refractivity contribution in [2.45, 2.75) is 26.4 Å². The Labute approximate surface area is 145 Å². The zero-order valence-corrected chi connectivity index (χ0v) is 14.4. The SMILES string of the molecule is CC(C)(C)ON=c1cc(-c2cc3cccn3cn2)oc2ccccc12. The zero-order chi connectivity index (χ0) is 17.4. The van der Waals surface area contributed by atoms with Crippen molar-refractivity contribution < 1.29 is 9.25 Å². The van der Waals surface area contributed by atoms with Gasteiger partial charge in [0.25, 0.3) is 0 Å². The Bertz CT molecular complexity index is 1120. The van der Waals surface area contributed by atoms with E-state index in [0.29, 0.717) is 5.76 Å². The Balaban J connectivity index is 1.92. The first-order valence-corrected chi connectivity index (χ1v) is 8.18. The summed E-state index contributed by atoms with van der Waals surface area (Å²) in [5.74, 6) is 0.652. The fourth-order valence-electron chi connectivity index (χ4n) is 2.58. The molecule has 0 atom stereocenters. The van der Waals surface area contributed by atoms with Gasteiger partial charge in [-0.1, -0.05) is 17.3 Å². The summed E-state index contributed by atoms with van der Waals surface area (Å²) >= 11 is 0. The molecule has 3 aromatic heterocycles. The number of para-hydroxylation sites is 1. The molecule has 0 aliphatic rings. The van der Waals surface area contributed by atoms with E-state index in [1.165, 1.54) is 0 Å². The number of nitrogens with zero attached hydrogens (tertiary/aromatic N) is 3. The third kappa shape index (κ3) is 3.13. The number of hydrogen-bond donors (Lipinski definition) is 0. The van der Waals surface area contributed by atoms with E-state index in [1.807, 2.05) is 79.9 Å². The zero-order valence-electron chi connectivity index (χ0n) is 14.4. The topological polar surface area (TPSA) is 52.0 Å². The summed E-state index contributed by atoms with van der Waals surface area (Å²) in [5.41, 5.74) is 2.19. The smallest absolute Gasteiger partial charge is 0.155 e. The van der Waals surface area contributed by atoms with Crippen molar-refractivity contribution in [1.82, 2.24) is 9.38 Å². The van der Waals surface area contributed by atoms with E-state index in [1.54, 1.807) is 6.33 Å². The van der Waals surface area contributed by atoms with Crippen LogP contribution < -0.4 is 5.36 Å². The molecule has 4 aromatic rings. The van der Waals surface area contributed by atoms with Gasteiger partial charge in [0, 0.05) is 23.2 Å². The second-order valence-electron chi connectivity index (χ2n) is 6.90. The Kier molecular flexibility index (Phi) is 3.57. The minimum atomic E-state index is -0.364. The quantitative estimate of drug-likeness (QED) is 0.512. The highest BCUT2D eigenvalue weighted by Crippen LogP contribution is 2.22. The van der Waals surface area contributed by atoms with Crippen LogP contribution in [0.4, 0.5) is 0 Å². The second-order valence-corrected chi connectivity index (χ2v) is 6.90. The number of benzene rings is 1. The second kappa shape index (κ2) is 5.77. The minimum absolute atomic E-state index is 0.364. The molecular formula is C20H19N3O2. The van der Waals surface area contributed by atoms with Crippen molar-refractivity contribution in [3.8, 4) is 11.5 Å². The lowest BCUT2D eigenvalue weighted by Gasteiger charge is -2.15. The molecule has 0 saturated heterocycles. The van der Waals surface area contributed by atoms with Gasteiger partial charge in [-0.25, -0.2) is 4.98 Å². The molecule has 0 bridgehead atoms. The molecule has 5 heteroatoms. The Morgan fingerprint density at radius 2 is 1.92 bits per heavy atom. The summed E-state index contributed by atoms with van der Waals surface area (Å²) in [4.78, 5) is 10.1. The molecule has 0 aliphatic carbocycles. The fourth-order valence-corrected chi connectivity index (χ4v) is 2.58. The molecule has 0 unspecified atom stereocenters. The summed E-state index contributed by atoms with van der Waals surface area (Å²) < 4.78 is 8.02. The van der Waals surface area contributed by atoms with Gasteiger partial charge in [0.15, 0.2) is 5.76 Å². The van der Waals surface area contributed by atoms with E-state index < -0.39 is 0 Å². The highest BCUT2D eigenvalue weighted by molar-refractivity contribution is 5.78. The maximum absolute atomic E-state index is 6.06. The van der Waals surface area contributed by atoms with E-state index in [0.717, 1.165) is 27.5 Å². The van der Waals surface area contributed by atoms with E-state index in [4.69, 9.17) is 9.25 Å². The largest absolute Gasteiger partial charge is 0.454 e. The average Bonchev–Trinajstić information content (AvgIpc) is 3.06. The summed E-state index contributed by atoms with van der Waals surface area (Å²) in [5, 5.41) is 5.98. The van der Waals surface area contributed by atoms with Crippen LogP contribution >= 0.6 is 0 Å². The van der Waals surface area contributed by atoms with Crippen LogP contribution in [0.3, 0.4) is 0 Å².